The number of nitrogens with one attached hydrogen (secondary N) is 1. The lowest BCUT2D eigenvalue weighted by Gasteiger charge is -2.21. The highest BCUT2D eigenvalue weighted by Crippen LogP contribution is 2.17. The first-order valence-electron chi connectivity index (χ1n) is 7.40. The molecule has 0 radical (unpaired) electrons. The second kappa shape index (κ2) is 5.67. The van der Waals surface area contributed by atoms with Gasteiger partial charge < -0.3 is 16.0 Å². The Balaban J connectivity index is 1.78. The fourth-order valence-corrected chi connectivity index (χ4v) is 2.79. The van der Waals surface area contributed by atoms with Gasteiger partial charge in [0.05, 0.1) is 5.52 Å². The number of likely N-dealkylation sites (tertiary alicyclic amines) is 1. The molecule has 0 unspecified atom stereocenters. The molecular formula is C15H19N5O2. The maximum absolute atomic E-state index is 12.5. The van der Waals surface area contributed by atoms with E-state index in [0.29, 0.717) is 11.1 Å². The largest absolute Gasteiger partial charge is 0.382 e. The van der Waals surface area contributed by atoms with Gasteiger partial charge in [0, 0.05) is 19.3 Å². The summed E-state index contributed by atoms with van der Waals surface area (Å²) in [6, 6.07) is 4.81. The Morgan fingerprint density at radius 1 is 1.32 bits per heavy atom. The van der Waals surface area contributed by atoms with E-state index >= 15 is 0 Å². The summed E-state index contributed by atoms with van der Waals surface area (Å²) >= 11 is 0. The minimum Gasteiger partial charge on any atom is -0.382 e. The van der Waals surface area contributed by atoms with Crippen LogP contribution >= 0.6 is 0 Å². The van der Waals surface area contributed by atoms with Gasteiger partial charge in [-0.2, -0.15) is 0 Å². The quantitative estimate of drug-likeness (QED) is 0.871. The maximum atomic E-state index is 12.5. The molecule has 0 aliphatic carbocycles. The van der Waals surface area contributed by atoms with Crippen LogP contribution in [0.4, 0.5) is 5.82 Å². The lowest BCUT2D eigenvalue weighted by atomic mass is 10.2. The molecule has 1 saturated heterocycles. The Hall–Kier alpha value is -2.57. The van der Waals surface area contributed by atoms with Gasteiger partial charge in [-0.15, -0.1) is 5.10 Å². The Labute approximate surface area is 128 Å². The van der Waals surface area contributed by atoms with Gasteiger partial charge in [-0.1, -0.05) is 6.07 Å². The monoisotopic (exact) mass is 301 g/mol. The van der Waals surface area contributed by atoms with Gasteiger partial charge >= 0.3 is 0 Å². The lowest BCUT2D eigenvalue weighted by molar-refractivity contribution is -0.131. The van der Waals surface area contributed by atoms with Crippen LogP contribution in [-0.2, 0) is 4.79 Å². The molecule has 1 aliphatic rings. The van der Waals surface area contributed by atoms with Crippen LogP contribution in [0.1, 0.15) is 30.1 Å². The van der Waals surface area contributed by atoms with Crippen molar-refractivity contribution in [2.45, 2.75) is 25.8 Å². The molecule has 0 aromatic carbocycles. The van der Waals surface area contributed by atoms with Crippen molar-refractivity contribution in [2.75, 3.05) is 18.8 Å². The lowest BCUT2D eigenvalue weighted by Crippen LogP contribution is -2.46. The summed E-state index contributed by atoms with van der Waals surface area (Å²) in [6.07, 6.45) is 3.77. The number of nitrogen functional groups attached to an aromatic ring is 1. The summed E-state index contributed by atoms with van der Waals surface area (Å²) in [5, 5.41) is 6.83. The fourth-order valence-electron chi connectivity index (χ4n) is 2.79. The molecule has 2 aromatic rings. The minimum atomic E-state index is -0.580. The zero-order valence-corrected chi connectivity index (χ0v) is 12.5. The van der Waals surface area contributed by atoms with E-state index in [0.717, 1.165) is 25.9 Å². The number of rotatable bonds is 3. The smallest absolute Gasteiger partial charge is 0.257 e. The van der Waals surface area contributed by atoms with Gasteiger partial charge in [0.15, 0.2) is 5.82 Å². The number of carbonyl (C=O) groups excluding carboxylic acids is 2. The molecule has 0 bridgehead atoms. The van der Waals surface area contributed by atoms with Crippen LogP contribution in [0, 0.1) is 0 Å². The van der Waals surface area contributed by atoms with Crippen LogP contribution in [-0.4, -0.2) is 45.5 Å². The summed E-state index contributed by atoms with van der Waals surface area (Å²) < 4.78 is 1.55. The highest BCUT2D eigenvalue weighted by Gasteiger charge is 2.26. The molecule has 7 nitrogen and oxygen atoms in total. The van der Waals surface area contributed by atoms with Crippen molar-refractivity contribution in [1.82, 2.24) is 19.8 Å². The van der Waals surface area contributed by atoms with Crippen molar-refractivity contribution in [3.8, 4) is 0 Å². The fraction of sp³-hybridized carbons (Fsp3) is 0.400. The number of nitrogens with zero attached hydrogens (tertiary/aromatic N) is 3. The third-order valence-corrected chi connectivity index (χ3v) is 3.93. The topological polar surface area (TPSA) is 92.7 Å². The van der Waals surface area contributed by atoms with Crippen LogP contribution < -0.4 is 11.1 Å². The number of hydrogen-bond acceptors (Lipinski definition) is 4. The van der Waals surface area contributed by atoms with E-state index in [-0.39, 0.29) is 17.6 Å². The van der Waals surface area contributed by atoms with Crippen molar-refractivity contribution in [3.05, 3.63) is 30.0 Å². The number of fused-ring (bicyclic) bond motifs is 1. The van der Waals surface area contributed by atoms with Crippen LogP contribution in [0.5, 0.6) is 0 Å². The number of amides is 2. The Kier molecular flexibility index (Phi) is 3.70. The number of hydrogen-bond donors (Lipinski definition) is 2. The van der Waals surface area contributed by atoms with Crippen molar-refractivity contribution in [2.24, 2.45) is 0 Å². The molecule has 2 aromatic heterocycles. The summed E-state index contributed by atoms with van der Waals surface area (Å²) in [5.41, 5.74) is 6.77. The molecule has 3 rings (SSSR count). The van der Waals surface area contributed by atoms with Crippen molar-refractivity contribution >= 4 is 23.1 Å². The average Bonchev–Trinajstić information content (AvgIpc) is 3.12. The zero-order valence-electron chi connectivity index (χ0n) is 12.5. The van der Waals surface area contributed by atoms with Crippen LogP contribution in [0.3, 0.4) is 0 Å². The maximum Gasteiger partial charge on any atom is 0.257 e. The summed E-state index contributed by atoms with van der Waals surface area (Å²) in [7, 11) is 0. The Morgan fingerprint density at radius 3 is 2.77 bits per heavy atom. The number of anilines is 1. The van der Waals surface area contributed by atoms with Gasteiger partial charge in [0.2, 0.25) is 5.91 Å². The van der Waals surface area contributed by atoms with E-state index < -0.39 is 6.04 Å². The van der Waals surface area contributed by atoms with Crippen molar-refractivity contribution < 1.29 is 9.59 Å². The molecule has 7 heteroatoms. The SMILES string of the molecule is C[C@H](NC(=O)c1c(N)nn2ccccc12)C(=O)N1CCCC1. The zero-order chi connectivity index (χ0) is 15.7. The van der Waals surface area contributed by atoms with E-state index in [1.807, 2.05) is 6.07 Å². The summed E-state index contributed by atoms with van der Waals surface area (Å²) in [6.45, 7) is 3.22. The van der Waals surface area contributed by atoms with Gasteiger partial charge in [-0.3, -0.25) is 9.59 Å². The second-order valence-electron chi connectivity index (χ2n) is 5.52. The predicted octanol–water partition coefficient (Wildman–Crippen LogP) is 0.657. The Bertz CT molecular complexity index is 718. The molecule has 3 heterocycles. The molecule has 116 valence electrons. The molecule has 1 atom stereocenters. The first kappa shape index (κ1) is 14.4. The molecule has 2 amide bonds. The number of pyridine rings is 1. The summed E-state index contributed by atoms with van der Waals surface area (Å²) in [5.74, 6) is -0.274. The molecular weight excluding hydrogens is 282 g/mol. The van der Waals surface area contributed by atoms with E-state index in [9.17, 15) is 9.59 Å². The number of aromatic nitrogens is 2. The van der Waals surface area contributed by atoms with Crippen molar-refractivity contribution in [1.29, 1.82) is 0 Å². The van der Waals surface area contributed by atoms with Gasteiger partial charge in [0.25, 0.3) is 5.91 Å². The van der Waals surface area contributed by atoms with E-state index in [1.54, 1.807) is 34.7 Å². The van der Waals surface area contributed by atoms with E-state index in [1.165, 1.54) is 0 Å². The first-order chi connectivity index (χ1) is 10.6. The number of carbonyl (C=O) groups is 2. The molecule has 0 saturated carbocycles. The van der Waals surface area contributed by atoms with Crippen LogP contribution in [0.25, 0.3) is 5.52 Å². The summed E-state index contributed by atoms with van der Waals surface area (Å²) in [4.78, 5) is 26.5. The van der Waals surface area contributed by atoms with Gasteiger partial charge in [-0.25, -0.2) is 4.52 Å². The third-order valence-electron chi connectivity index (χ3n) is 3.93. The third kappa shape index (κ3) is 2.49. The molecule has 0 spiro atoms. The molecule has 22 heavy (non-hydrogen) atoms. The normalized spacial score (nSPS) is 16.0. The van der Waals surface area contributed by atoms with E-state index in [4.69, 9.17) is 5.73 Å². The standard InChI is InChI=1S/C15H19N5O2/c1-10(15(22)19-7-4-5-8-19)17-14(21)12-11-6-2-3-9-20(11)18-13(12)16/h2-3,6,9-10H,4-5,7-8H2,1H3,(H2,16,18)(H,17,21)/t10-/m0/s1. The van der Waals surface area contributed by atoms with Crippen LogP contribution in [0.2, 0.25) is 0 Å². The number of nitrogens with two attached hydrogens (primary N) is 1. The second-order valence-corrected chi connectivity index (χ2v) is 5.52. The average molecular weight is 301 g/mol. The first-order valence-corrected chi connectivity index (χ1v) is 7.40. The van der Waals surface area contributed by atoms with Gasteiger partial charge in [-0.05, 0) is 31.9 Å². The molecule has 1 fully saturated rings. The minimum absolute atomic E-state index is 0.0547. The highest BCUT2D eigenvalue weighted by atomic mass is 16.2. The molecule has 3 N–H and O–H groups in total. The van der Waals surface area contributed by atoms with Crippen LogP contribution in [0.15, 0.2) is 24.4 Å². The predicted molar refractivity (Wildman–Crippen MR) is 82.3 cm³/mol. The molecule has 1 aliphatic heterocycles. The van der Waals surface area contributed by atoms with E-state index in [2.05, 4.69) is 10.4 Å². The van der Waals surface area contributed by atoms with Crippen molar-refractivity contribution in [3.63, 3.8) is 0 Å². The Morgan fingerprint density at radius 2 is 2.05 bits per heavy atom. The highest BCUT2D eigenvalue weighted by molar-refractivity contribution is 6.06. The van der Waals surface area contributed by atoms with Gasteiger partial charge in [0.1, 0.15) is 11.6 Å².